The number of rotatable bonds is 1. The van der Waals surface area contributed by atoms with E-state index < -0.39 is 5.60 Å². The Morgan fingerprint density at radius 2 is 2.46 bits per heavy atom. The van der Waals surface area contributed by atoms with Crippen LogP contribution in [0.25, 0.3) is 0 Å². The lowest BCUT2D eigenvalue weighted by Gasteiger charge is -2.33. The van der Waals surface area contributed by atoms with E-state index in [1.165, 1.54) is 5.56 Å². The Balaban J connectivity index is 2.48. The van der Waals surface area contributed by atoms with Gasteiger partial charge in [-0.05, 0) is 37.3 Å². The third-order valence-electron chi connectivity index (χ3n) is 3.03. The molecule has 0 bridgehead atoms. The molecule has 1 atom stereocenters. The molecule has 1 aromatic rings. The zero-order valence-electron chi connectivity index (χ0n) is 7.95. The van der Waals surface area contributed by atoms with Gasteiger partial charge in [-0.25, -0.2) is 0 Å². The summed E-state index contributed by atoms with van der Waals surface area (Å²) in [7, 11) is 0. The molecule has 2 heteroatoms. The summed E-state index contributed by atoms with van der Waals surface area (Å²) in [6.45, 7) is 2.03. The second-order valence-corrected chi connectivity index (χ2v) is 3.77. The lowest BCUT2D eigenvalue weighted by Crippen LogP contribution is -2.29. The van der Waals surface area contributed by atoms with Crippen LogP contribution >= 0.6 is 0 Å². The Kier molecular flexibility index (Phi) is 2.08. The Hall–Kier alpha value is -0.890. The second kappa shape index (κ2) is 3.11. The smallest absolute Gasteiger partial charge is 0.0911 e. The molecule has 0 aromatic carbocycles. The highest BCUT2D eigenvalue weighted by molar-refractivity contribution is 5.31. The van der Waals surface area contributed by atoms with Gasteiger partial charge in [0.2, 0.25) is 0 Å². The minimum atomic E-state index is -0.609. The van der Waals surface area contributed by atoms with E-state index in [2.05, 4.69) is 4.98 Å². The molecule has 2 nitrogen and oxygen atoms in total. The molecule has 2 rings (SSSR count). The van der Waals surface area contributed by atoms with Crippen LogP contribution < -0.4 is 0 Å². The van der Waals surface area contributed by atoms with Crippen molar-refractivity contribution < 1.29 is 5.11 Å². The zero-order valence-corrected chi connectivity index (χ0v) is 7.95. The molecule has 0 amide bonds. The van der Waals surface area contributed by atoms with Crippen LogP contribution in [0.4, 0.5) is 0 Å². The molecular formula is C11H15NO. The molecule has 0 aliphatic heterocycles. The van der Waals surface area contributed by atoms with Crippen molar-refractivity contribution in [2.45, 2.75) is 38.2 Å². The van der Waals surface area contributed by atoms with Crippen molar-refractivity contribution in [3.8, 4) is 0 Å². The van der Waals surface area contributed by atoms with Crippen molar-refractivity contribution in [3.63, 3.8) is 0 Å². The van der Waals surface area contributed by atoms with Crippen molar-refractivity contribution >= 4 is 0 Å². The summed E-state index contributed by atoms with van der Waals surface area (Å²) in [6, 6.07) is 2.02. The van der Waals surface area contributed by atoms with Gasteiger partial charge >= 0.3 is 0 Å². The van der Waals surface area contributed by atoms with Crippen LogP contribution in [0.15, 0.2) is 18.5 Å². The Morgan fingerprint density at radius 3 is 3.23 bits per heavy atom. The van der Waals surface area contributed by atoms with Gasteiger partial charge in [0.05, 0.1) is 5.60 Å². The summed E-state index contributed by atoms with van der Waals surface area (Å²) in [5.74, 6) is 0. The number of nitrogens with zero attached hydrogens (tertiary/aromatic N) is 1. The number of aliphatic hydroxyl groups is 1. The standard InChI is InChI=1S/C11H15NO/c1-2-11(13)6-3-4-9-5-7-12-8-10(9)11/h5,7-8,13H,2-4,6H2,1H3. The van der Waals surface area contributed by atoms with E-state index in [9.17, 15) is 5.11 Å². The van der Waals surface area contributed by atoms with Gasteiger partial charge in [0, 0.05) is 18.0 Å². The molecule has 1 aliphatic carbocycles. The Bertz CT molecular complexity index is 311. The van der Waals surface area contributed by atoms with Crippen LogP contribution in [0.5, 0.6) is 0 Å². The maximum absolute atomic E-state index is 10.3. The van der Waals surface area contributed by atoms with E-state index in [0.717, 1.165) is 31.2 Å². The highest BCUT2D eigenvalue weighted by atomic mass is 16.3. The third-order valence-corrected chi connectivity index (χ3v) is 3.03. The van der Waals surface area contributed by atoms with Crippen LogP contribution in [0.3, 0.4) is 0 Å². The molecule has 70 valence electrons. The normalized spacial score (nSPS) is 26.9. The fourth-order valence-electron chi connectivity index (χ4n) is 2.13. The van der Waals surface area contributed by atoms with Crippen LogP contribution in [0.2, 0.25) is 0 Å². The van der Waals surface area contributed by atoms with E-state index in [4.69, 9.17) is 0 Å². The molecule has 0 spiro atoms. The summed E-state index contributed by atoms with van der Waals surface area (Å²) >= 11 is 0. The first-order valence-electron chi connectivity index (χ1n) is 4.92. The Labute approximate surface area is 78.6 Å². The quantitative estimate of drug-likeness (QED) is 0.711. The average molecular weight is 177 g/mol. The third kappa shape index (κ3) is 1.35. The number of aryl methyl sites for hydroxylation is 1. The van der Waals surface area contributed by atoms with E-state index >= 15 is 0 Å². The molecule has 13 heavy (non-hydrogen) atoms. The number of hydrogen-bond acceptors (Lipinski definition) is 2. The predicted molar refractivity (Wildman–Crippen MR) is 51.4 cm³/mol. The van der Waals surface area contributed by atoms with Gasteiger partial charge < -0.3 is 5.11 Å². The van der Waals surface area contributed by atoms with Crippen molar-refractivity contribution in [1.29, 1.82) is 0 Å². The molecule has 0 saturated carbocycles. The summed E-state index contributed by atoms with van der Waals surface area (Å²) in [5, 5.41) is 10.3. The fraction of sp³-hybridized carbons (Fsp3) is 0.545. The van der Waals surface area contributed by atoms with Gasteiger partial charge in [-0.15, -0.1) is 0 Å². The molecule has 1 aliphatic rings. The summed E-state index contributed by atoms with van der Waals surface area (Å²) < 4.78 is 0. The molecule has 0 saturated heterocycles. The zero-order chi connectivity index (χ0) is 9.31. The van der Waals surface area contributed by atoms with Crippen molar-refractivity contribution in [1.82, 2.24) is 4.98 Å². The summed E-state index contributed by atoms with van der Waals surface area (Å²) in [6.07, 6.45) is 7.45. The minimum absolute atomic E-state index is 0.609. The SMILES string of the molecule is CCC1(O)CCCc2ccncc21. The average Bonchev–Trinajstić information content (AvgIpc) is 2.19. The number of aromatic nitrogens is 1. The van der Waals surface area contributed by atoms with Gasteiger partial charge in [-0.3, -0.25) is 4.98 Å². The molecule has 0 radical (unpaired) electrons. The largest absolute Gasteiger partial charge is 0.385 e. The number of pyridine rings is 1. The van der Waals surface area contributed by atoms with Crippen molar-refractivity contribution in [2.24, 2.45) is 0 Å². The van der Waals surface area contributed by atoms with E-state index in [-0.39, 0.29) is 0 Å². The Morgan fingerprint density at radius 1 is 1.62 bits per heavy atom. The minimum Gasteiger partial charge on any atom is -0.385 e. The summed E-state index contributed by atoms with van der Waals surface area (Å²) in [5.41, 5.74) is 1.70. The highest BCUT2D eigenvalue weighted by Gasteiger charge is 2.32. The molecule has 0 fully saturated rings. The van der Waals surface area contributed by atoms with Gasteiger partial charge in [-0.1, -0.05) is 6.92 Å². The second-order valence-electron chi connectivity index (χ2n) is 3.77. The lowest BCUT2D eigenvalue weighted by molar-refractivity contribution is 0.0145. The van der Waals surface area contributed by atoms with Gasteiger partial charge in [0.15, 0.2) is 0 Å². The first-order chi connectivity index (χ1) is 6.26. The molecule has 1 aromatic heterocycles. The van der Waals surface area contributed by atoms with E-state index in [0.29, 0.717) is 0 Å². The summed E-state index contributed by atoms with van der Waals surface area (Å²) in [4.78, 5) is 4.08. The van der Waals surface area contributed by atoms with Gasteiger partial charge in [0.1, 0.15) is 0 Å². The van der Waals surface area contributed by atoms with E-state index in [1.54, 1.807) is 6.20 Å². The van der Waals surface area contributed by atoms with Crippen LogP contribution in [-0.2, 0) is 12.0 Å². The van der Waals surface area contributed by atoms with Gasteiger partial charge in [-0.2, -0.15) is 0 Å². The van der Waals surface area contributed by atoms with Gasteiger partial charge in [0.25, 0.3) is 0 Å². The molecule has 1 unspecified atom stereocenters. The first-order valence-corrected chi connectivity index (χ1v) is 4.92. The predicted octanol–water partition coefficient (Wildman–Crippen LogP) is 2.02. The van der Waals surface area contributed by atoms with Crippen LogP contribution in [0.1, 0.15) is 37.3 Å². The van der Waals surface area contributed by atoms with Crippen LogP contribution in [0, 0.1) is 0 Å². The maximum Gasteiger partial charge on any atom is 0.0911 e. The van der Waals surface area contributed by atoms with Crippen molar-refractivity contribution in [3.05, 3.63) is 29.6 Å². The molecule has 1 N–H and O–H groups in total. The van der Waals surface area contributed by atoms with Crippen LogP contribution in [-0.4, -0.2) is 10.1 Å². The maximum atomic E-state index is 10.3. The monoisotopic (exact) mass is 177 g/mol. The van der Waals surface area contributed by atoms with E-state index in [1.807, 2.05) is 19.2 Å². The highest BCUT2D eigenvalue weighted by Crippen LogP contribution is 2.36. The topological polar surface area (TPSA) is 33.1 Å². The van der Waals surface area contributed by atoms with Crippen molar-refractivity contribution in [2.75, 3.05) is 0 Å². The lowest BCUT2D eigenvalue weighted by atomic mass is 9.79. The first kappa shape index (κ1) is 8.70. The molecule has 1 heterocycles. The molecular weight excluding hydrogens is 162 g/mol. The fourth-order valence-corrected chi connectivity index (χ4v) is 2.13. The number of hydrogen-bond donors (Lipinski definition) is 1. The number of fused-ring (bicyclic) bond motifs is 1.